The van der Waals surface area contributed by atoms with Crippen molar-refractivity contribution in [1.29, 1.82) is 0 Å². The molecule has 0 atom stereocenters. The van der Waals surface area contributed by atoms with Crippen LogP contribution in [0.5, 0.6) is 0 Å². The zero-order valence-corrected chi connectivity index (χ0v) is 12.7. The van der Waals surface area contributed by atoms with Gasteiger partial charge in [0.05, 0.1) is 17.7 Å². The van der Waals surface area contributed by atoms with E-state index in [0.717, 1.165) is 16.3 Å². The van der Waals surface area contributed by atoms with Crippen LogP contribution in [0.1, 0.15) is 5.56 Å². The highest BCUT2D eigenvalue weighted by molar-refractivity contribution is 7.92. The Kier molecular flexibility index (Phi) is 4.87. The van der Waals surface area contributed by atoms with E-state index in [9.17, 15) is 8.42 Å². The van der Waals surface area contributed by atoms with Crippen molar-refractivity contribution >= 4 is 15.8 Å². The molecule has 1 aromatic heterocycles. The van der Waals surface area contributed by atoms with Crippen LogP contribution >= 0.6 is 0 Å². The van der Waals surface area contributed by atoms with E-state index in [-0.39, 0.29) is 10.7 Å². The predicted octanol–water partition coefficient (Wildman–Crippen LogP) is 1.49. The number of sulfonamides is 1. The zero-order valence-electron chi connectivity index (χ0n) is 11.9. The number of benzene rings is 1. The Labute approximate surface area is 124 Å². The number of hydrogen-bond acceptors (Lipinski definition) is 5. The van der Waals surface area contributed by atoms with Crippen molar-refractivity contribution in [1.82, 2.24) is 9.97 Å². The molecule has 0 aliphatic heterocycles. The van der Waals surface area contributed by atoms with Crippen LogP contribution in [0.4, 0.5) is 5.82 Å². The molecule has 1 heterocycles. The normalized spacial score (nSPS) is 11.3. The maximum atomic E-state index is 12.5. The van der Waals surface area contributed by atoms with Gasteiger partial charge in [-0.2, -0.15) is 0 Å². The first-order valence-corrected chi connectivity index (χ1v) is 7.82. The number of nitrogens with zero attached hydrogens (tertiary/aromatic N) is 3. The van der Waals surface area contributed by atoms with Gasteiger partial charge in [0.2, 0.25) is 0 Å². The van der Waals surface area contributed by atoms with Gasteiger partial charge in [0.1, 0.15) is 0 Å². The monoisotopic (exact) mass is 307 g/mol. The van der Waals surface area contributed by atoms with Crippen molar-refractivity contribution in [2.24, 2.45) is 0 Å². The van der Waals surface area contributed by atoms with Crippen molar-refractivity contribution in [2.75, 3.05) is 25.1 Å². The van der Waals surface area contributed by atoms with E-state index in [1.807, 2.05) is 0 Å². The molecule has 0 spiro atoms. The molecule has 2 aromatic rings. The first-order chi connectivity index (χ1) is 10.1. The third-order valence-electron chi connectivity index (χ3n) is 3.05. The van der Waals surface area contributed by atoms with Gasteiger partial charge in [0, 0.05) is 26.6 Å². The quantitative estimate of drug-likeness (QED) is 0.808. The van der Waals surface area contributed by atoms with E-state index in [4.69, 9.17) is 4.74 Å². The summed E-state index contributed by atoms with van der Waals surface area (Å²) >= 11 is 0. The molecule has 6 nitrogen and oxygen atoms in total. The minimum atomic E-state index is -3.63. The molecule has 0 aliphatic carbocycles. The van der Waals surface area contributed by atoms with Crippen molar-refractivity contribution in [3.05, 3.63) is 48.4 Å². The lowest BCUT2D eigenvalue weighted by Gasteiger charge is -2.18. The van der Waals surface area contributed by atoms with E-state index in [0.29, 0.717) is 6.61 Å². The second kappa shape index (κ2) is 6.64. The molecule has 0 aliphatic rings. The fourth-order valence-electron chi connectivity index (χ4n) is 1.78. The molecule has 1 aromatic carbocycles. The van der Waals surface area contributed by atoms with Crippen LogP contribution in [0.3, 0.4) is 0 Å². The molecule has 0 saturated heterocycles. The summed E-state index contributed by atoms with van der Waals surface area (Å²) < 4.78 is 31.1. The van der Waals surface area contributed by atoms with Crippen LogP contribution in [0.2, 0.25) is 0 Å². The molecule has 7 heteroatoms. The van der Waals surface area contributed by atoms with Crippen LogP contribution in [0.25, 0.3) is 0 Å². The predicted molar refractivity (Wildman–Crippen MR) is 79.6 cm³/mol. The largest absolute Gasteiger partial charge is 0.384 e. The van der Waals surface area contributed by atoms with E-state index in [1.165, 1.54) is 25.6 Å². The van der Waals surface area contributed by atoms with Gasteiger partial charge in [-0.1, -0.05) is 12.1 Å². The Bertz CT molecular complexity index is 672. The summed E-state index contributed by atoms with van der Waals surface area (Å²) in [6, 6.07) is 6.76. The lowest BCUT2D eigenvalue weighted by atomic mass is 10.2. The summed E-state index contributed by atoms with van der Waals surface area (Å²) in [6.45, 7) is 0.603. The van der Waals surface area contributed by atoms with E-state index in [1.54, 1.807) is 31.4 Å². The van der Waals surface area contributed by atoms with Crippen molar-refractivity contribution in [3.63, 3.8) is 0 Å². The van der Waals surface area contributed by atoms with Gasteiger partial charge in [-0.05, 0) is 24.1 Å². The maximum absolute atomic E-state index is 12.5. The summed E-state index contributed by atoms with van der Waals surface area (Å²) in [7, 11) is -0.540. The Morgan fingerprint density at radius 2 is 1.90 bits per heavy atom. The first kappa shape index (κ1) is 15.4. The summed E-state index contributed by atoms with van der Waals surface area (Å²) in [5.74, 6) is 0.279. The van der Waals surface area contributed by atoms with Gasteiger partial charge < -0.3 is 4.74 Å². The molecule has 0 fully saturated rings. The highest BCUT2D eigenvalue weighted by atomic mass is 32.2. The minimum Gasteiger partial charge on any atom is -0.384 e. The standard InChI is InChI=1S/C14H17N3O3S/c1-17(14-11-15-8-9-16-14)21(18,19)13-5-3-12(4-6-13)7-10-20-2/h3-6,8-9,11H,7,10H2,1-2H3. The summed E-state index contributed by atoms with van der Waals surface area (Å²) in [5, 5.41) is 0. The van der Waals surface area contributed by atoms with Crippen molar-refractivity contribution in [2.45, 2.75) is 11.3 Å². The Morgan fingerprint density at radius 1 is 1.19 bits per heavy atom. The van der Waals surface area contributed by atoms with Crippen LogP contribution in [0.15, 0.2) is 47.8 Å². The van der Waals surface area contributed by atoms with Gasteiger partial charge in [0.25, 0.3) is 10.0 Å². The molecule has 2 rings (SSSR count). The number of methoxy groups -OCH3 is 1. The fraction of sp³-hybridized carbons (Fsp3) is 0.286. The van der Waals surface area contributed by atoms with Gasteiger partial charge in [-0.15, -0.1) is 0 Å². The number of anilines is 1. The molecule has 0 saturated carbocycles. The molecule has 0 unspecified atom stereocenters. The number of ether oxygens (including phenoxy) is 1. The smallest absolute Gasteiger partial charge is 0.265 e. The molecule has 112 valence electrons. The lowest BCUT2D eigenvalue weighted by Crippen LogP contribution is -2.27. The summed E-state index contributed by atoms with van der Waals surface area (Å²) in [4.78, 5) is 8.09. The molecule has 0 radical (unpaired) electrons. The minimum absolute atomic E-state index is 0.219. The molecular weight excluding hydrogens is 290 g/mol. The van der Waals surface area contributed by atoms with Gasteiger partial charge in [-0.3, -0.25) is 9.29 Å². The SMILES string of the molecule is COCCc1ccc(S(=O)(=O)N(C)c2cnccn2)cc1. The molecule has 0 amide bonds. The van der Waals surface area contributed by atoms with Gasteiger partial charge >= 0.3 is 0 Å². The number of aromatic nitrogens is 2. The maximum Gasteiger partial charge on any atom is 0.265 e. The molecule has 0 N–H and O–H groups in total. The van der Waals surface area contributed by atoms with Crippen LogP contribution < -0.4 is 4.31 Å². The van der Waals surface area contributed by atoms with Crippen LogP contribution in [0, 0.1) is 0 Å². The third-order valence-corrected chi connectivity index (χ3v) is 4.82. The number of rotatable bonds is 6. The van der Waals surface area contributed by atoms with Crippen LogP contribution in [-0.4, -0.2) is 39.2 Å². The van der Waals surface area contributed by atoms with E-state index in [2.05, 4.69) is 9.97 Å². The molecular formula is C14H17N3O3S. The van der Waals surface area contributed by atoms with Crippen molar-refractivity contribution in [3.8, 4) is 0 Å². The topological polar surface area (TPSA) is 72.4 Å². The Balaban J connectivity index is 2.23. The van der Waals surface area contributed by atoms with Gasteiger partial charge in [-0.25, -0.2) is 13.4 Å². The van der Waals surface area contributed by atoms with E-state index >= 15 is 0 Å². The van der Waals surface area contributed by atoms with Crippen LogP contribution in [-0.2, 0) is 21.2 Å². The molecule has 21 heavy (non-hydrogen) atoms. The number of hydrogen-bond donors (Lipinski definition) is 0. The Hall–Kier alpha value is -1.99. The summed E-state index contributed by atoms with van der Waals surface area (Å²) in [6.07, 6.45) is 5.10. The second-order valence-corrected chi connectivity index (χ2v) is 6.39. The first-order valence-electron chi connectivity index (χ1n) is 6.38. The molecule has 0 bridgehead atoms. The average molecular weight is 307 g/mol. The fourth-order valence-corrected chi connectivity index (χ4v) is 2.92. The van der Waals surface area contributed by atoms with E-state index < -0.39 is 10.0 Å². The summed E-state index contributed by atoms with van der Waals surface area (Å²) in [5.41, 5.74) is 1.03. The highest BCUT2D eigenvalue weighted by Gasteiger charge is 2.22. The van der Waals surface area contributed by atoms with Crippen molar-refractivity contribution < 1.29 is 13.2 Å². The lowest BCUT2D eigenvalue weighted by molar-refractivity contribution is 0.202. The Morgan fingerprint density at radius 3 is 2.48 bits per heavy atom. The average Bonchev–Trinajstić information content (AvgIpc) is 2.53. The zero-order chi connectivity index (χ0) is 15.3. The third kappa shape index (κ3) is 3.56. The van der Waals surface area contributed by atoms with Gasteiger partial charge in [0.15, 0.2) is 5.82 Å². The second-order valence-electron chi connectivity index (χ2n) is 4.42. The highest BCUT2D eigenvalue weighted by Crippen LogP contribution is 2.19.